The zero-order chi connectivity index (χ0) is 13.1. The van der Waals surface area contributed by atoms with Gasteiger partial charge >= 0.3 is 0 Å². The van der Waals surface area contributed by atoms with Crippen molar-refractivity contribution in [3.63, 3.8) is 0 Å². The van der Waals surface area contributed by atoms with E-state index in [0.717, 1.165) is 35.5 Å². The number of amidine groups is 1. The van der Waals surface area contributed by atoms with Crippen LogP contribution in [-0.4, -0.2) is 36.4 Å². The molecule has 1 fully saturated rings. The third-order valence-corrected chi connectivity index (χ3v) is 4.01. The Hall–Kier alpha value is -1.20. The Labute approximate surface area is 112 Å². The molecule has 0 spiro atoms. The van der Waals surface area contributed by atoms with Crippen molar-refractivity contribution in [2.75, 3.05) is 24.2 Å². The van der Waals surface area contributed by atoms with E-state index in [1.54, 1.807) is 11.8 Å². The zero-order valence-electron chi connectivity index (χ0n) is 10.5. The highest BCUT2D eigenvalue weighted by atomic mass is 32.2. The molecule has 4 N–H and O–H groups in total. The van der Waals surface area contributed by atoms with E-state index in [1.807, 2.05) is 24.5 Å². The Bertz CT molecular complexity index is 450. The summed E-state index contributed by atoms with van der Waals surface area (Å²) in [5.74, 6) is 0.0926. The smallest absolute Gasteiger partial charge is 0.126 e. The standard InChI is InChI=1S/C13H19N3OS/c1-18-11-6-2-5-10(12(11)13(14)15)16-7-3-4-9(17)8-16/h2,5-6,9,17H,3-4,7-8H2,1H3,(H3,14,15). The minimum atomic E-state index is -0.281. The number of hydrogen-bond donors (Lipinski definition) is 3. The number of hydrogen-bond acceptors (Lipinski definition) is 4. The molecular formula is C13H19N3OS. The predicted molar refractivity (Wildman–Crippen MR) is 76.7 cm³/mol. The summed E-state index contributed by atoms with van der Waals surface area (Å²) in [5, 5.41) is 17.5. The molecule has 98 valence electrons. The number of benzene rings is 1. The van der Waals surface area contributed by atoms with Crippen LogP contribution in [0, 0.1) is 5.41 Å². The van der Waals surface area contributed by atoms with E-state index in [1.165, 1.54) is 0 Å². The molecule has 1 unspecified atom stereocenters. The maximum Gasteiger partial charge on any atom is 0.126 e. The normalized spacial score (nSPS) is 19.9. The van der Waals surface area contributed by atoms with Crippen molar-refractivity contribution in [2.45, 2.75) is 23.8 Å². The molecule has 1 aliphatic heterocycles. The first kappa shape index (κ1) is 13.2. The Morgan fingerprint density at radius 3 is 2.94 bits per heavy atom. The molecule has 5 heteroatoms. The van der Waals surface area contributed by atoms with Crippen molar-refractivity contribution >= 4 is 23.3 Å². The first-order valence-electron chi connectivity index (χ1n) is 6.08. The van der Waals surface area contributed by atoms with Crippen LogP contribution in [0.15, 0.2) is 23.1 Å². The molecule has 0 aliphatic carbocycles. The van der Waals surface area contributed by atoms with Gasteiger partial charge in [0.25, 0.3) is 0 Å². The third-order valence-electron chi connectivity index (χ3n) is 3.23. The highest BCUT2D eigenvalue weighted by Gasteiger charge is 2.22. The summed E-state index contributed by atoms with van der Waals surface area (Å²) in [6, 6.07) is 5.94. The molecule has 4 nitrogen and oxygen atoms in total. The van der Waals surface area contributed by atoms with Crippen molar-refractivity contribution in [2.24, 2.45) is 5.73 Å². The second-order valence-electron chi connectivity index (χ2n) is 4.51. The van der Waals surface area contributed by atoms with E-state index in [9.17, 15) is 5.11 Å². The lowest BCUT2D eigenvalue weighted by atomic mass is 10.0. The van der Waals surface area contributed by atoms with E-state index >= 15 is 0 Å². The number of rotatable bonds is 3. The van der Waals surface area contributed by atoms with Gasteiger partial charge in [-0.3, -0.25) is 5.41 Å². The molecule has 1 aromatic carbocycles. The van der Waals surface area contributed by atoms with Crippen LogP contribution in [0.2, 0.25) is 0 Å². The lowest BCUT2D eigenvalue weighted by Crippen LogP contribution is -2.39. The lowest BCUT2D eigenvalue weighted by molar-refractivity contribution is 0.154. The SMILES string of the molecule is CSc1cccc(N2CCCC(O)C2)c1C(=N)N. The van der Waals surface area contributed by atoms with Crippen LogP contribution in [-0.2, 0) is 0 Å². The van der Waals surface area contributed by atoms with Gasteiger partial charge in [0.2, 0.25) is 0 Å². The van der Waals surface area contributed by atoms with Gasteiger partial charge in [0.1, 0.15) is 5.84 Å². The largest absolute Gasteiger partial charge is 0.391 e. The molecule has 1 aliphatic rings. The van der Waals surface area contributed by atoms with Crippen LogP contribution < -0.4 is 10.6 Å². The number of aliphatic hydroxyl groups is 1. The number of nitrogens with one attached hydrogen (secondary N) is 1. The van der Waals surface area contributed by atoms with E-state index in [4.69, 9.17) is 11.1 Å². The van der Waals surface area contributed by atoms with E-state index in [-0.39, 0.29) is 11.9 Å². The summed E-state index contributed by atoms with van der Waals surface area (Å²) in [6.07, 6.45) is 3.53. The Kier molecular flexibility index (Phi) is 4.14. The van der Waals surface area contributed by atoms with Crippen molar-refractivity contribution in [3.05, 3.63) is 23.8 Å². The zero-order valence-corrected chi connectivity index (χ0v) is 11.3. The number of nitrogens with zero attached hydrogens (tertiary/aromatic N) is 1. The first-order valence-corrected chi connectivity index (χ1v) is 7.30. The number of nitrogens with two attached hydrogens (primary N) is 1. The molecule has 0 amide bonds. The van der Waals surface area contributed by atoms with Crippen molar-refractivity contribution in [3.8, 4) is 0 Å². The van der Waals surface area contributed by atoms with Crippen LogP contribution in [0.3, 0.4) is 0 Å². The highest BCUT2D eigenvalue weighted by molar-refractivity contribution is 7.98. The van der Waals surface area contributed by atoms with Gasteiger partial charge < -0.3 is 15.7 Å². The second kappa shape index (κ2) is 5.63. The third kappa shape index (κ3) is 2.62. The fourth-order valence-corrected chi connectivity index (χ4v) is 3.03. The molecule has 1 aromatic rings. The fraction of sp³-hybridized carbons (Fsp3) is 0.462. The molecular weight excluding hydrogens is 246 g/mol. The van der Waals surface area contributed by atoms with Gasteiger partial charge in [0, 0.05) is 23.7 Å². The van der Waals surface area contributed by atoms with Crippen molar-refractivity contribution < 1.29 is 5.11 Å². The molecule has 1 heterocycles. The van der Waals surface area contributed by atoms with Crippen LogP contribution in [0.25, 0.3) is 0 Å². The minimum absolute atomic E-state index is 0.0926. The average Bonchev–Trinajstić information content (AvgIpc) is 2.37. The molecule has 0 bridgehead atoms. The Morgan fingerprint density at radius 2 is 2.33 bits per heavy atom. The van der Waals surface area contributed by atoms with Crippen LogP contribution in [0.5, 0.6) is 0 Å². The molecule has 18 heavy (non-hydrogen) atoms. The summed E-state index contributed by atoms with van der Waals surface area (Å²) < 4.78 is 0. The van der Waals surface area contributed by atoms with Gasteiger partial charge in [0.15, 0.2) is 0 Å². The molecule has 1 saturated heterocycles. The van der Waals surface area contributed by atoms with E-state index in [2.05, 4.69) is 4.90 Å². The van der Waals surface area contributed by atoms with Crippen molar-refractivity contribution in [1.29, 1.82) is 5.41 Å². The fourth-order valence-electron chi connectivity index (χ4n) is 2.40. The monoisotopic (exact) mass is 265 g/mol. The van der Waals surface area contributed by atoms with Gasteiger partial charge in [-0.2, -0.15) is 0 Å². The molecule has 2 rings (SSSR count). The summed E-state index contributed by atoms with van der Waals surface area (Å²) in [4.78, 5) is 3.14. The van der Waals surface area contributed by atoms with Gasteiger partial charge in [-0.15, -0.1) is 11.8 Å². The van der Waals surface area contributed by atoms with Crippen molar-refractivity contribution in [1.82, 2.24) is 0 Å². The number of nitrogen functional groups attached to an aromatic ring is 1. The summed E-state index contributed by atoms with van der Waals surface area (Å²) in [7, 11) is 0. The topological polar surface area (TPSA) is 73.3 Å². The van der Waals surface area contributed by atoms with Gasteiger partial charge in [-0.05, 0) is 31.2 Å². The highest BCUT2D eigenvalue weighted by Crippen LogP contribution is 2.31. The molecule has 1 atom stereocenters. The predicted octanol–water partition coefficient (Wildman–Crippen LogP) is 1.65. The molecule has 0 aromatic heterocycles. The summed E-state index contributed by atoms with van der Waals surface area (Å²) in [5.41, 5.74) is 7.47. The number of aliphatic hydroxyl groups excluding tert-OH is 1. The van der Waals surface area contributed by atoms with Crippen LogP contribution in [0.4, 0.5) is 5.69 Å². The second-order valence-corrected chi connectivity index (χ2v) is 5.36. The number of anilines is 1. The molecule has 0 radical (unpaired) electrons. The Morgan fingerprint density at radius 1 is 1.56 bits per heavy atom. The summed E-state index contributed by atoms with van der Waals surface area (Å²) >= 11 is 1.59. The Balaban J connectivity index is 2.40. The summed E-state index contributed by atoms with van der Waals surface area (Å²) in [6.45, 7) is 1.54. The van der Waals surface area contributed by atoms with Crippen LogP contribution in [0.1, 0.15) is 18.4 Å². The lowest BCUT2D eigenvalue weighted by Gasteiger charge is -2.33. The van der Waals surface area contributed by atoms with Gasteiger partial charge in [-0.1, -0.05) is 6.07 Å². The quantitative estimate of drug-likeness (QED) is 0.441. The van der Waals surface area contributed by atoms with E-state index in [0.29, 0.717) is 6.54 Å². The number of β-amino-alcohol motifs (C(OH)–C–C–N with tert-alkyl or cyclic N) is 1. The average molecular weight is 265 g/mol. The maximum atomic E-state index is 9.77. The van der Waals surface area contributed by atoms with Gasteiger partial charge in [0.05, 0.1) is 11.7 Å². The minimum Gasteiger partial charge on any atom is -0.391 e. The van der Waals surface area contributed by atoms with E-state index < -0.39 is 0 Å². The maximum absolute atomic E-state index is 9.77. The first-order chi connectivity index (χ1) is 8.63. The van der Waals surface area contributed by atoms with Crippen LogP contribution >= 0.6 is 11.8 Å². The molecule has 0 saturated carbocycles. The number of thioether (sulfide) groups is 1. The van der Waals surface area contributed by atoms with Gasteiger partial charge in [-0.25, -0.2) is 0 Å². The number of piperidine rings is 1.